The highest BCUT2D eigenvalue weighted by Gasteiger charge is 2.33. The Balaban J connectivity index is 2.04. The average molecular weight is 364 g/mol. The third kappa shape index (κ3) is 4.57. The molecule has 6 heteroatoms. The van der Waals surface area contributed by atoms with Crippen LogP contribution >= 0.6 is 11.6 Å². The van der Waals surface area contributed by atoms with E-state index < -0.39 is 29.2 Å². The van der Waals surface area contributed by atoms with E-state index in [4.69, 9.17) is 16.3 Å². The Hall–Kier alpha value is -2.40. The van der Waals surface area contributed by atoms with E-state index in [1.807, 2.05) is 30.3 Å². The number of hydrogen-bond donors (Lipinski definition) is 1. The smallest absolute Gasteiger partial charge is 0.316 e. The van der Waals surface area contributed by atoms with Gasteiger partial charge in [0.25, 0.3) is 5.91 Å². The van der Waals surface area contributed by atoms with Gasteiger partial charge in [-0.15, -0.1) is 0 Å². The van der Waals surface area contributed by atoms with Gasteiger partial charge in [-0.25, -0.2) is 4.39 Å². The van der Waals surface area contributed by atoms with E-state index >= 15 is 0 Å². The van der Waals surface area contributed by atoms with Crippen molar-refractivity contribution >= 4 is 29.2 Å². The van der Waals surface area contributed by atoms with Crippen molar-refractivity contribution in [2.45, 2.75) is 32.3 Å². The maximum absolute atomic E-state index is 13.7. The summed E-state index contributed by atoms with van der Waals surface area (Å²) in [5.41, 5.74) is -0.169. The van der Waals surface area contributed by atoms with Crippen LogP contribution in [0.25, 0.3) is 0 Å². The standard InChI is InChI=1S/C19H19ClFNO3/c1-12(17(23)22-16-10-9-14(20)11-15(16)21)25-18(24)19(2,3)13-7-5-4-6-8-13/h4-12H,1-3H3,(H,22,23)/t12-/m1/s1. The molecule has 2 aromatic rings. The maximum Gasteiger partial charge on any atom is 0.316 e. The van der Waals surface area contributed by atoms with Gasteiger partial charge in [0.2, 0.25) is 0 Å². The Morgan fingerprint density at radius 3 is 2.40 bits per heavy atom. The molecule has 0 heterocycles. The Morgan fingerprint density at radius 2 is 1.80 bits per heavy atom. The van der Waals surface area contributed by atoms with Crippen LogP contribution in [0.15, 0.2) is 48.5 Å². The summed E-state index contributed by atoms with van der Waals surface area (Å²) in [6, 6.07) is 13.0. The molecule has 1 atom stereocenters. The van der Waals surface area contributed by atoms with Crippen molar-refractivity contribution in [1.29, 1.82) is 0 Å². The molecule has 0 unspecified atom stereocenters. The minimum absolute atomic E-state index is 0.0281. The van der Waals surface area contributed by atoms with Crippen molar-refractivity contribution in [1.82, 2.24) is 0 Å². The maximum atomic E-state index is 13.7. The Morgan fingerprint density at radius 1 is 1.16 bits per heavy atom. The van der Waals surface area contributed by atoms with Crippen molar-refractivity contribution in [2.75, 3.05) is 5.32 Å². The van der Waals surface area contributed by atoms with Crippen LogP contribution in [0.1, 0.15) is 26.3 Å². The van der Waals surface area contributed by atoms with Crippen molar-refractivity contribution in [3.63, 3.8) is 0 Å². The predicted octanol–water partition coefficient (Wildman–Crippen LogP) is 4.33. The number of anilines is 1. The molecular weight excluding hydrogens is 345 g/mol. The SMILES string of the molecule is C[C@@H](OC(=O)C(C)(C)c1ccccc1)C(=O)Nc1ccc(Cl)cc1F. The van der Waals surface area contributed by atoms with Crippen LogP contribution in [-0.4, -0.2) is 18.0 Å². The van der Waals surface area contributed by atoms with Gasteiger partial charge in [-0.1, -0.05) is 41.9 Å². The first-order valence-corrected chi connectivity index (χ1v) is 8.12. The van der Waals surface area contributed by atoms with Crippen LogP contribution in [0.3, 0.4) is 0 Å². The number of rotatable bonds is 5. The van der Waals surface area contributed by atoms with Gasteiger partial charge in [0, 0.05) is 5.02 Å². The highest BCUT2D eigenvalue weighted by atomic mass is 35.5. The molecule has 0 bridgehead atoms. The van der Waals surface area contributed by atoms with Crippen LogP contribution in [-0.2, 0) is 19.7 Å². The second kappa shape index (κ2) is 7.66. The molecule has 2 rings (SSSR count). The largest absolute Gasteiger partial charge is 0.452 e. The third-order valence-electron chi connectivity index (χ3n) is 3.85. The molecule has 2 aromatic carbocycles. The lowest BCUT2D eigenvalue weighted by atomic mass is 9.85. The molecule has 0 radical (unpaired) electrons. The fourth-order valence-corrected chi connectivity index (χ4v) is 2.32. The summed E-state index contributed by atoms with van der Waals surface area (Å²) in [4.78, 5) is 24.6. The minimum atomic E-state index is -1.08. The number of amides is 1. The number of ether oxygens (including phenoxy) is 1. The lowest BCUT2D eigenvalue weighted by Gasteiger charge is -2.25. The van der Waals surface area contributed by atoms with E-state index in [1.54, 1.807) is 13.8 Å². The number of carbonyl (C=O) groups excluding carboxylic acids is 2. The second-order valence-corrected chi connectivity index (χ2v) is 6.59. The number of benzene rings is 2. The van der Waals surface area contributed by atoms with Gasteiger partial charge in [-0.2, -0.15) is 0 Å². The van der Waals surface area contributed by atoms with Gasteiger partial charge in [-0.3, -0.25) is 9.59 Å². The molecule has 1 N–H and O–H groups in total. The fourth-order valence-electron chi connectivity index (χ4n) is 2.16. The molecule has 0 aliphatic heterocycles. The topological polar surface area (TPSA) is 55.4 Å². The number of esters is 1. The number of halogens is 2. The zero-order chi connectivity index (χ0) is 18.6. The molecule has 1 amide bonds. The van der Waals surface area contributed by atoms with Crippen molar-refractivity contribution in [3.8, 4) is 0 Å². The molecule has 25 heavy (non-hydrogen) atoms. The normalized spacial score (nSPS) is 12.4. The monoisotopic (exact) mass is 363 g/mol. The predicted molar refractivity (Wildman–Crippen MR) is 95.1 cm³/mol. The molecule has 0 spiro atoms. The third-order valence-corrected chi connectivity index (χ3v) is 4.08. The van der Waals surface area contributed by atoms with Crippen LogP contribution in [0.2, 0.25) is 5.02 Å². The molecule has 132 valence electrons. The Labute approximate surface area is 150 Å². The summed E-state index contributed by atoms with van der Waals surface area (Å²) >= 11 is 5.67. The molecule has 0 saturated heterocycles. The quantitative estimate of drug-likeness (QED) is 0.804. The van der Waals surface area contributed by atoms with Crippen LogP contribution in [0.5, 0.6) is 0 Å². The summed E-state index contributed by atoms with van der Waals surface area (Å²) in [5, 5.41) is 2.61. The first-order chi connectivity index (χ1) is 11.7. The van der Waals surface area contributed by atoms with E-state index in [9.17, 15) is 14.0 Å². The van der Waals surface area contributed by atoms with Crippen molar-refractivity contribution in [3.05, 3.63) is 64.9 Å². The van der Waals surface area contributed by atoms with Gasteiger partial charge in [-0.05, 0) is 44.5 Å². The van der Waals surface area contributed by atoms with Gasteiger partial charge >= 0.3 is 5.97 Å². The lowest BCUT2D eigenvalue weighted by molar-refractivity contribution is -0.158. The molecule has 0 aromatic heterocycles. The molecule has 0 saturated carbocycles. The highest BCUT2D eigenvalue weighted by molar-refractivity contribution is 6.30. The number of nitrogens with one attached hydrogen (secondary N) is 1. The highest BCUT2D eigenvalue weighted by Crippen LogP contribution is 2.25. The first-order valence-electron chi connectivity index (χ1n) is 7.74. The van der Waals surface area contributed by atoms with Gasteiger partial charge in [0.1, 0.15) is 5.82 Å². The van der Waals surface area contributed by atoms with Gasteiger partial charge < -0.3 is 10.1 Å². The number of carbonyl (C=O) groups is 2. The lowest BCUT2D eigenvalue weighted by Crippen LogP contribution is -2.37. The minimum Gasteiger partial charge on any atom is -0.452 e. The van der Waals surface area contributed by atoms with Crippen LogP contribution < -0.4 is 5.32 Å². The van der Waals surface area contributed by atoms with E-state index in [0.717, 1.165) is 11.6 Å². The zero-order valence-corrected chi connectivity index (χ0v) is 14.9. The summed E-state index contributed by atoms with van der Waals surface area (Å²) in [7, 11) is 0. The summed E-state index contributed by atoms with van der Waals surface area (Å²) in [6.07, 6.45) is -1.08. The Kier molecular flexibility index (Phi) is 5.80. The zero-order valence-electron chi connectivity index (χ0n) is 14.2. The van der Waals surface area contributed by atoms with Crippen LogP contribution in [0, 0.1) is 5.82 Å². The van der Waals surface area contributed by atoms with Crippen molar-refractivity contribution < 1.29 is 18.7 Å². The first kappa shape index (κ1) is 18.9. The van der Waals surface area contributed by atoms with E-state index in [1.165, 1.54) is 19.1 Å². The summed E-state index contributed by atoms with van der Waals surface area (Å²) in [6.45, 7) is 4.87. The fraction of sp³-hybridized carbons (Fsp3) is 0.263. The molecule has 0 aliphatic rings. The van der Waals surface area contributed by atoms with Gasteiger partial charge in [0.05, 0.1) is 11.1 Å². The van der Waals surface area contributed by atoms with E-state index in [0.29, 0.717) is 0 Å². The van der Waals surface area contributed by atoms with Crippen molar-refractivity contribution in [2.24, 2.45) is 0 Å². The average Bonchev–Trinajstić information content (AvgIpc) is 2.57. The van der Waals surface area contributed by atoms with E-state index in [-0.39, 0.29) is 10.7 Å². The summed E-state index contributed by atoms with van der Waals surface area (Å²) in [5.74, 6) is -1.83. The molecule has 0 fully saturated rings. The number of hydrogen-bond acceptors (Lipinski definition) is 3. The molecular formula is C19H19ClFNO3. The van der Waals surface area contributed by atoms with Crippen LogP contribution in [0.4, 0.5) is 10.1 Å². The molecule has 0 aliphatic carbocycles. The molecule has 4 nitrogen and oxygen atoms in total. The Bertz CT molecular complexity index is 777. The second-order valence-electron chi connectivity index (χ2n) is 6.15. The van der Waals surface area contributed by atoms with E-state index in [2.05, 4.69) is 5.32 Å². The van der Waals surface area contributed by atoms with Gasteiger partial charge in [0.15, 0.2) is 6.10 Å². The summed E-state index contributed by atoms with van der Waals surface area (Å²) < 4.78 is 19.0.